The van der Waals surface area contributed by atoms with Gasteiger partial charge in [-0.05, 0) is 42.9 Å². The molecule has 0 spiro atoms. The van der Waals surface area contributed by atoms with Gasteiger partial charge in [-0.3, -0.25) is 0 Å². The van der Waals surface area contributed by atoms with E-state index in [1.54, 1.807) is 0 Å². The van der Waals surface area contributed by atoms with Crippen LogP contribution in [0.4, 0.5) is 0 Å². The molecule has 0 amide bonds. The highest BCUT2D eigenvalue weighted by atomic mass is 16.3. The Hall–Kier alpha value is -0.980. The van der Waals surface area contributed by atoms with Crippen LogP contribution in [-0.2, 0) is 12.8 Å². The lowest BCUT2D eigenvalue weighted by Crippen LogP contribution is -1.93. The molecule has 0 atom stereocenters. The molecule has 2 rings (SSSR count). The maximum atomic E-state index is 9.77. The van der Waals surface area contributed by atoms with Gasteiger partial charge in [0.25, 0.3) is 0 Å². The fraction of sp³-hybridized carbons (Fsp3) is 0.538. The van der Waals surface area contributed by atoms with Crippen molar-refractivity contribution < 1.29 is 5.11 Å². The summed E-state index contributed by atoms with van der Waals surface area (Å²) in [5.41, 5.74) is 2.57. The van der Waals surface area contributed by atoms with E-state index in [1.807, 2.05) is 12.1 Å². The van der Waals surface area contributed by atoms with Crippen molar-refractivity contribution in [3.63, 3.8) is 0 Å². The molecule has 1 aromatic carbocycles. The van der Waals surface area contributed by atoms with E-state index in [2.05, 4.69) is 6.07 Å². The zero-order valence-electron chi connectivity index (χ0n) is 8.63. The quantitative estimate of drug-likeness (QED) is 0.664. The van der Waals surface area contributed by atoms with E-state index in [-0.39, 0.29) is 0 Å². The lowest BCUT2D eigenvalue weighted by atomic mass is 9.99. The van der Waals surface area contributed by atoms with Crippen molar-refractivity contribution in [3.8, 4) is 5.75 Å². The Labute approximate surface area is 85.8 Å². The van der Waals surface area contributed by atoms with Gasteiger partial charge in [-0.15, -0.1) is 0 Å². The van der Waals surface area contributed by atoms with E-state index in [4.69, 9.17) is 0 Å². The van der Waals surface area contributed by atoms with Crippen molar-refractivity contribution in [1.82, 2.24) is 0 Å². The fourth-order valence-corrected chi connectivity index (χ4v) is 2.29. The van der Waals surface area contributed by atoms with Gasteiger partial charge in [0.05, 0.1) is 0 Å². The number of hydrogen-bond donors (Lipinski definition) is 1. The minimum absolute atomic E-state index is 0.504. The summed E-state index contributed by atoms with van der Waals surface area (Å²) < 4.78 is 0. The second-order valence-electron chi connectivity index (χ2n) is 4.18. The fourth-order valence-electron chi connectivity index (χ4n) is 2.29. The predicted molar refractivity (Wildman–Crippen MR) is 58.6 cm³/mol. The number of phenolic OH excluding ortho intramolecular Hbond substituents is 1. The Bertz CT molecular complexity index is 304. The molecule has 1 aromatic rings. The van der Waals surface area contributed by atoms with Gasteiger partial charge in [0, 0.05) is 0 Å². The molecular weight excluding hydrogens is 172 g/mol. The summed E-state index contributed by atoms with van der Waals surface area (Å²) in [6.45, 7) is 0. The van der Waals surface area contributed by atoms with Gasteiger partial charge in [-0.1, -0.05) is 31.4 Å². The molecule has 0 saturated heterocycles. The number of aryl methyl sites for hydroxylation is 1. The summed E-state index contributed by atoms with van der Waals surface area (Å²) >= 11 is 0. The number of rotatable bonds is 0. The second-order valence-corrected chi connectivity index (χ2v) is 4.18. The molecule has 0 aromatic heterocycles. The molecule has 0 unspecified atom stereocenters. The van der Waals surface area contributed by atoms with Gasteiger partial charge in [0.15, 0.2) is 0 Å². The molecule has 0 saturated carbocycles. The molecule has 14 heavy (non-hydrogen) atoms. The monoisotopic (exact) mass is 190 g/mol. The van der Waals surface area contributed by atoms with Crippen LogP contribution < -0.4 is 0 Å². The normalized spacial score (nSPS) is 17.7. The van der Waals surface area contributed by atoms with Crippen LogP contribution in [0.5, 0.6) is 5.75 Å². The maximum absolute atomic E-state index is 9.77. The van der Waals surface area contributed by atoms with E-state index >= 15 is 0 Å². The third-order valence-electron chi connectivity index (χ3n) is 3.12. The highest BCUT2D eigenvalue weighted by molar-refractivity contribution is 5.39. The van der Waals surface area contributed by atoms with E-state index in [0.29, 0.717) is 5.75 Å². The number of hydrogen-bond acceptors (Lipinski definition) is 1. The first-order valence-electron chi connectivity index (χ1n) is 5.67. The first-order chi connectivity index (χ1) is 6.88. The Kier molecular flexibility index (Phi) is 3.07. The van der Waals surface area contributed by atoms with Gasteiger partial charge in [0.1, 0.15) is 5.75 Å². The molecule has 1 N–H and O–H groups in total. The molecule has 0 aliphatic heterocycles. The first kappa shape index (κ1) is 9.57. The number of aromatic hydroxyl groups is 1. The summed E-state index contributed by atoms with van der Waals surface area (Å²) in [5.74, 6) is 0.504. The van der Waals surface area contributed by atoms with Crippen LogP contribution in [-0.4, -0.2) is 5.11 Å². The van der Waals surface area contributed by atoms with Crippen molar-refractivity contribution >= 4 is 0 Å². The lowest BCUT2D eigenvalue weighted by Gasteiger charge is -2.09. The Morgan fingerprint density at radius 1 is 0.857 bits per heavy atom. The van der Waals surface area contributed by atoms with Crippen molar-refractivity contribution in [2.75, 3.05) is 0 Å². The SMILES string of the molecule is Oc1cccc2c1CCCCCCC2. The smallest absolute Gasteiger partial charge is 0.119 e. The van der Waals surface area contributed by atoms with E-state index in [0.717, 1.165) is 12.8 Å². The first-order valence-corrected chi connectivity index (χ1v) is 5.67. The highest BCUT2D eigenvalue weighted by Crippen LogP contribution is 2.26. The Morgan fingerprint density at radius 2 is 1.57 bits per heavy atom. The van der Waals surface area contributed by atoms with E-state index in [1.165, 1.54) is 43.2 Å². The topological polar surface area (TPSA) is 20.2 Å². The van der Waals surface area contributed by atoms with Crippen molar-refractivity contribution in [2.24, 2.45) is 0 Å². The molecule has 0 radical (unpaired) electrons. The summed E-state index contributed by atoms with van der Waals surface area (Å²) in [7, 11) is 0. The largest absolute Gasteiger partial charge is 0.508 e. The Balaban J connectivity index is 2.26. The minimum atomic E-state index is 0.504. The summed E-state index contributed by atoms with van der Waals surface area (Å²) in [5, 5.41) is 9.77. The van der Waals surface area contributed by atoms with Crippen molar-refractivity contribution in [3.05, 3.63) is 29.3 Å². The van der Waals surface area contributed by atoms with Gasteiger partial charge in [-0.25, -0.2) is 0 Å². The third kappa shape index (κ3) is 2.09. The molecule has 1 aliphatic rings. The van der Waals surface area contributed by atoms with Crippen LogP contribution in [0.25, 0.3) is 0 Å². The number of phenols is 1. The summed E-state index contributed by atoms with van der Waals surface area (Å²) in [4.78, 5) is 0. The van der Waals surface area contributed by atoms with Crippen molar-refractivity contribution in [1.29, 1.82) is 0 Å². The third-order valence-corrected chi connectivity index (χ3v) is 3.12. The van der Waals surface area contributed by atoms with Crippen LogP contribution in [0.3, 0.4) is 0 Å². The minimum Gasteiger partial charge on any atom is -0.508 e. The van der Waals surface area contributed by atoms with E-state index in [9.17, 15) is 5.11 Å². The molecular formula is C13H18O. The van der Waals surface area contributed by atoms with Crippen LogP contribution in [0.1, 0.15) is 43.2 Å². The second kappa shape index (κ2) is 4.50. The number of benzene rings is 1. The molecule has 0 heterocycles. The highest BCUT2D eigenvalue weighted by Gasteiger charge is 2.08. The number of fused-ring (bicyclic) bond motifs is 1. The predicted octanol–water partition coefficient (Wildman–Crippen LogP) is 3.44. The Morgan fingerprint density at radius 3 is 2.43 bits per heavy atom. The molecule has 1 heteroatoms. The van der Waals surface area contributed by atoms with Crippen LogP contribution >= 0.6 is 0 Å². The van der Waals surface area contributed by atoms with Crippen LogP contribution in [0, 0.1) is 0 Å². The van der Waals surface area contributed by atoms with Gasteiger partial charge in [0.2, 0.25) is 0 Å². The molecule has 1 nitrogen and oxygen atoms in total. The lowest BCUT2D eigenvalue weighted by molar-refractivity contribution is 0.465. The summed E-state index contributed by atoms with van der Waals surface area (Å²) in [6, 6.07) is 5.95. The van der Waals surface area contributed by atoms with Crippen LogP contribution in [0.2, 0.25) is 0 Å². The van der Waals surface area contributed by atoms with Gasteiger partial charge in [-0.2, -0.15) is 0 Å². The molecule has 0 bridgehead atoms. The molecule has 76 valence electrons. The standard InChI is InChI=1S/C13H18O/c14-13-10-6-8-11-7-4-2-1-3-5-9-12(11)13/h6,8,10,14H,1-5,7,9H2. The molecule has 1 aliphatic carbocycles. The average Bonchev–Trinajstić information content (AvgIpc) is 2.30. The zero-order chi connectivity index (χ0) is 9.80. The maximum Gasteiger partial charge on any atom is 0.119 e. The van der Waals surface area contributed by atoms with Crippen molar-refractivity contribution in [2.45, 2.75) is 44.9 Å². The zero-order valence-corrected chi connectivity index (χ0v) is 8.63. The molecule has 0 fully saturated rings. The summed E-state index contributed by atoms with van der Waals surface area (Å²) in [6.07, 6.45) is 8.71. The van der Waals surface area contributed by atoms with E-state index < -0.39 is 0 Å². The van der Waals surface area contributed by atoms with Gasteiger partial charge < -0.3 is 5.11 Å². The van der Waals surface area contributed by atoms with Gasteiger partial charge >= 0.3 is 0 Å². The average molecular weight is 190 g/mol. The van der Waals surface area contributed by atoms with Crippen LogP contribution in [0.15, 0.2) is 18.2 Å².